The second kappa shape index (κ2) is 10.5. The lowest BCUT2D eigenvalue weighted by Gasteiger charge is -2.12. The average molecular weight is 582 g/mol. The van der Waals surface area contributed by atoms with Crippen LogP contribution in [-0.4, -0.2) is 31.2 Å². The lowest BCUT2D eigenvalue weighted by molar-refractivity contribution is -0.137. The van der Waals surface area contributed by atoms with Crippen LogP contribution in [0.5, 0.6) is 0 Å². The van der Waals surface area contributed by atoms with Crippen LogP contribution in [0.3, 0.4) is 0 Å². The Morgan fingerprint density at radius 2 is 1.89 bits per heavy atom. The molecule has 4 rings (SSSR count). The third-order valence-electron chi connectivity index (χ3n) is 4.67. The number of nitrogens with zero attached hydrogens (tertiary/aromatic N) is 4. The molecule has 0 saturated carbocycles. The number of pyridine rings is 1. The fourth-order valence-electron chi connectivity index (χ4n) is 3.16. The summed E-state index contributed by atoms with van der Waals surface area (Å²) in [5, 5.41) is 14.3. The molecule has 14 heteroatoms. The summed E-state index contributed by atoms with van der Waals surface area (Å²) < 4.78 is 39.7. The van der Waals surface area contributed by atoms with E-state index in [1.54, 1.807) is 30.5 Å². The highest BCUT2D eigenvalue weighted by molar-refractivity contribution is 9.10. The van der Waals surface area contributed by atoms with Gasteiger partial charge in [-0.1, -0.05) is 17.7 Å². The normalized spacial score (nSPS) is 11.3. The van der Waals surface area contributed by atoms with Crippen molar-refractivity contribution in [3.05, 3.63) is 80.9 Å². The van der Waals surface area contributed by atoms with Gasteiger partial charge in [0.1, 0.15) is 27.9 Å². The van der Waals surface area contributed by atoms with Gasteiger partial charge in [0.25, 0.3) is 0 Å². The molecule has 0 spiro atoms. The fourth-order valence-corrected chi connectivity index (χ4v) is 3.70. The molecule has 186 valence electrons. The van der Waals surface area contributed by atoms with Gasteiger partial charge in [-0.2, -0.15) is 18.3 Å². The minimum absolute atomic E-state index is 0.0654. The van der Waals surface area contributed by atoms with Crippen LogP contribution in [0.2, 0.25) is 5.02 Å². The smallest absolute Gasteiger partial charge is 0.325 e. The molecule has 0 fully saturated rings. The van der Waals surface area contributed by atoms with Crippen molar-refractivity contribution >= 4 is 56.7 Å². The van der Waals surface area contributed by atoms with E-state index in [0.29, 0.717) is 28.5 Å². The van der Waals surface area contributed by atoms with Gasteiger partial charge < -0.3 is 10.6 Å². The number of aromatic nitrogens is 5. The Balaban J connectivity index is 1.38. The van der Waals surface area contributed by atoms with Crippen LogP contribution in [0.15, 0.2) is 53.3 Å². The number of hydrogen-bond acceptors (Lipinski definition) is 6. The number of carbonyl (C=O) groups is 1. The first kappa shape index (κ1) is 25.4. The van der Waals surface area contributed by atoms with Crippen molar-refractivity contribution in [1.82, 2.24) is 25.1 Å². The first-order valence-electron chi connectivity index (χ1n) is 10.3. The van der Waals surface area contributed by atoms with E-state index in [0.717, 1.165) is 23.4 Å². The van der Waals surface area contributed by atoms with Crippen LogP contribution in [-0.2, 0) is 12.6 Å². The zero-order valence-electron chi connectivity index (χ0n) is 18.4. The zero-order valence-corrected chi connectivity index (χ0v) is 20.8. The number of nitrogens with one attached hydrogen (secondary N) is 4. The van der Waals surface area contributed by atoms with E-state index < -0.39 is 22.8 Å². The molecule has 0 saturated heterocycles. The predicted octanol–water partition coefficient (Wildman–Crippen LogP) is 6.32. The van der Waals surface area contributed by atoms with Crippen LogP contribution in [0, 0.1) is 6.92 Å². The Hall–Kier alpha value is -3.71. The van der Waals surface area contributed by atoms with Gasteiger partial charge in [0, 0.05) is 36.1 Å². The molecular weight excluding hydrogens is 565 g/mol. The minimum atomic E-state index is -4.64. The van der Waals surface area contributed by atoms with Gasteiger partial charge in [0.05, 0.1) is 10.6 Å². The number of alkyl halides is 3. The maximum atomic E-state index is 13.0. The number of hydrogen-bond donors (Lipinski definition) is 4. The van der Waals surface area contributed by atoms with Crippen molar-refractivity contribution in [3.63, 3.8) is 0 Å². The number of urea groups is 1. The minimum Gasteiger partial charge on any atom is -0.325 e. The van der Waals surface area contributed by atoms with Crippen LogP contribution >= 0.6 is 27.5 Å². The van der Waals surface area contributed by atoms with Gasteiger partial charge in [0.2, 0.25) is 0 Å². The molecule has 4 N–H and O–H groups in total. The second-order valence-corrected chi connectivity index (χ2v) is 8.76. The number of carbonyl (C=O) groups excluding carboxylic acids is 1. The van der Waals surface area contributed by atoms with Gasteiger partial charge >= 0.3 is 12.2 Å². The second-order valence-electron chi connectivity index (χ2n) is 7.54. The SMILES string of the molecule is Cc1cc(Nc2cc(Br)n[nH]2)nc(Cc2ccc(NC(=O)Nc3ccc(Cl)c(C(F)(F)F)c3)nc2)n1. The summed E-state index contributed by atoms with van der Waals surface area (Å²) >= 11 is 8.87. The molecule has 3 aromatic heterocycles. The van der Waals surface area contributed by atoms with E-state index in [9.17, 15) is 18.0 Å². The highest BCUT2D eigenvalue weighted by Gasteiger charge is 2.33. The molecule has 0 aliphatic rings. The zero-order chi connectivity index (χ0) is 25.9. The number of rotatable bonds is 6. The van der Waals surface area contributed by atoms with E-state index in [1.165, 1.54) is 6.07 Å². The van der Waals surface area contributed by atoms with Crippen LogP contribution < -0.4 is 16.0 Å². The Morgan fingerprint density at radius 3 is 2.56 bits per heavy atom. The van der Waals surface area contributed by atoms with Gasteiger partial charge in [0.15, 0.2) is 0 Å². The molecule has 0 atom stereocenters. The third-order valence-corrected chi connectivity index (χ3v) is 5.40. The Kier molecular flexibility index (Phi) is 7.40. The van der Waals surface area contributed by atoms with E-state index in [-0.39, 0.29) is 11.5 Å². The average Bonchev–Trinajstić information content (AvgIpc) is 3.19. The van der Waals surface area contributed by atoms with Crippen molar-refractivity contribution in [2.24, 2.45) is 0 Å². The first-order chi connectivity index (χ1) is 17.0. The summed E-state index contributed by atoms with van der Waals surface area (Å²) in [5.74, 6) is 2.01. The van der Waals surface area contributed by atoms with Crippen molar-refractivity contribution < 1.29 is 18.0 Å². The van der Waals surface area contributed by atoms with Gasteiger partial charge in [-0.3, -0.25) is 10.4 Å². The van der Waals surface area contributed by atoms with E-state index in [1.807, 2.05) is 6.92 Å². The Morgan fingerprint density at radius 1 is 1.08 bits per heavy atom. The quantitative estimate of drug-likeness (QED) is 0.212. The number of aromatic amines is 1. The summed E-state index contributed by atoms with van der Waals surface area (Å²) in [6, 6.07) is 9.19. The summed E-state index contributed by atoms with van der Waals surface area (Å²) in [6.07, 6.45) is -2.71. The topological polar surface area (TPSA) is 121 Å². The van der Waals surface area contributed by atoms with E-state index in [2.05, 4.69) is 57.0 Å². The molecule has 0 aliphatic carbocycles. The summed E-state index contributed by atoms with van der Waals surface area (Å²) in [7, 11) is 0. The molecule has 0 radical (unpaired) electrons. The molecule has 1 aromatic carbocycles. The molecule has 0 unspecified atom stereocenters. The van der Waals surface area contributed by atoms with Crippen molar-refractivity contribution in [2.45, 2.75) is 19.5 Å². The fraction of sp³-hybridized carbons (Fsp3) is 0.136. The van der Waals surface area contributed by atoms with Crippen molar-refractivity contribution in [1.29, 1.82) is 0 Å². The third kappa shape index (κ3) is 6.70. The lowest BCUT2D eigenvalue weighted by Crippen LogP contribution is -2.20. The molecule has 9 nitrogen and oxygen atoms in total. The number of anilines is 4. The standard InChI is InChI=1S/C22H17BrClF3N8O/c1-11-6-18(32-20-9-16(23)34-35-20)31-19(29-11)7-12-2-5-17(28-10-12)33-21(36)30-13-3-4-15(24)14(8-13)22(25,26)27/h2-6,8-10H,7H2,1H3,(H2,28,30,33,36)(H2,29,31,32,34,35). The predicted molar refractivity (Wildman–Crippen MR) is 132 cm³/mol. The van der Waals surface area contributed by atoms with Gasteiger partial charge in [-0.05, 0) is 52.7 Å². The van der Waals surface area contributed by atoms with Crippen LogP contribution in [0.25, 0.3) is 0 Å². The summed E-state index contributed by atoms with van der Waals surface area (Å²) in [5.41, 5.74) is 0.442. The highest BCUT2D eigenvalue weighted by atomic mass is 79.9. The number of aryl methyl sites for hydroxylation is 1. The van der Waals surface area contributed by atoms with E-state index in [4.69, 9.17) is 11.6 Å². The molecule has 2 amide bonds. The monoisotopic (exact) mass is 580 g/mol. The van der Waals surface area contributed by atoms with Crippen LogP contribution in [0.4, 0.5) is 41.1 Å². The first-order valence-corrected chi connectivity index (χ1v) is 11.4. The Bertz CT molecular complexity index is 1400. The summed E-state index contributed by atoms with van der Waals surface area (Å²) in [4.78, 5) is 25.3. The molecule has 0 bridgehead atoms. The number of benzene rings is 1. The van der Waals surface area contributed by atoms with Crippen molar-refractivity contribution in [2.75, 3.05) is 16.0 Å². The largest absolute Gasteiger partial charge is 0.417 e. The van der Waals surface area contributed by atoms with E-state index >= 15 is 0 Å². The lowest BCUT2D eigenvalue weighted by atomic mass is 10.2. The maximum Gasteiger partial charge on any atom is 0.417 e. The number of H-pyrrole nitrogens is 1. The van der Waals surface area contributed by atoms with Gasteiger partial charge in [-0.15, -0.1) is 0 Å². The number of halogens is 5. The Labute approximate surface area is 216 Å². The van der Waals surface area contributed by atoms with Crippen molar-refractivity contribution in [3.8, 4) is 0 Å². The summed E-state index contributed by atoms with van der Waals surface area (Å²) in [6.45, 7) is 1.85. The highest BCUT2D eigenvalue weighted by Crippen LogP contribution is 2.36. The molecule has 36 heavy (non-hydrogen) atoms. The van der Waals surface area contributed by atoms with Crippen LogP contribution in [0.1, 0.15) is 22.6 Å². The maximum absolute atomic E-state index is 13.0. The molecule has 4 aromatic rings. The molecule has 3 heterocycles. The number of amides is 2. The van der Waals surface area contributed by atoms with Gasteiger partial charge in [-0.25, -0.2) is 19.7 Å². The molecule has 0 aliphatic heterocycles. The molecular formula is C22H17BrClF3N8O.